The molecule has 0 aliphatic carbocycles. The second-order valence-corrected chi connectivity index (χ2v) is 7.06. The first-order chi connectivity index (χ1) is 10.9. The normalized spacial score (nSPS) is 19.0. The van der Waals surface area contributed by atoms with E-state index < -0.39 is 5.97 Å². The molecule has 1 aromatic rings. The zero-order chi connectivity index (χ0) is 16.8. The summed E-state index contributed by atoms with van der Waals surface area (Å²) in [4.78, 5) is 25.9. The summed E-state index contributed by atoms with van der Waals surface area (Å²) in [5, 5.41) is 0. The van der Waals surface area contributed by atoms with Gasteiger partial charge in [-0.15, -0.1) is 0 Å². The molecule has 1 fully saturated rings. The SMILES string of the molecule is CC(C)CN1CCOC(COC(=O)Cn2cc(Br)ccc2=O)C1. The van der Waals surface area contributed by atoms with E-state index in [4.69, 9.17) is 9.47 Å². The van der Waals surface area contributed by atoms with Crippen molar-refractivity contribution < 1.29 is 14.3 Å². The van der Waals surface area contributed by atoms with Gasteiger partial charge in [-0.3, -0.25) is 14.5 Å². The van der Waals surface area contributed by atoms with Crippen LogP contribution in [0.2, 0.25) is 0 Å². The quantitative estimate of drug-likeness (QED) is 0.693. The topological polar surface area (TPSA) is 60.8 Å². The lowest BCUT2D eigenvalue weighted by atomic mass is 10.2. The minimum absolute atomic E-state index is 0.0965. The summed E-state index contributed by atoms with van der Waals surface area (Å²) in [5.41, 5.74) is -0.234. The van der Waals surface area contributed by atoms with Crippen LogP contribution in [-0.4, -0.2) is 54.4 Å². The lowest BCUT2D eigenvalue weighted by Gasteiger charge is -2.33. The monoisotopic (exact) mass is 386 g/mol. The van der Waals surface area contributed by atoms with Crippen molar-refractivity contribution in [2.45, 2.75) is 26.5 Å². The molecule has 2 heterocycles. The highest BCUT2D eigenvalue weighted by Gasteiger charge is 2.22. The Morgan fingerprint density at radius 3 is 3.00 bits per heavy atom. The average molecular weight is 387 g/mol. The highest BCUT2D eigenvalue weighted by Crippen LogP contribution is 2.09. The Labute approximate surface area is 144 Å². The Morgan fingerprint density at radius 2 is 2.26 bits per heavy atom. The maximum Gasteiger partial charge on any atom is 0.326 e. The molecule has 0 radical (unpaired) electrons. The van der Waals surface area contributed by atoms with E-state index in [0.29, 0.717) is 12.5 Å². The van der Waals surface area contributed by atoms with Gasteiger partial charge < -0.3 is 14.0 Å². The highest BCUT2D eigenvalue weighted by molar-refractivity contribution is 9.10. The Balaban J connectivity index is 1.80. The number of ether oxygens (including phenoxy) is 2. The Kier molecular flexibility index (Phi) is 6.80. The third kappa shape index (κ3) is 6.08. The van der Waals surface area contributed by atoms with Crippen molar-refractivity contribution in [3.63, 3.8) is 0 Å². The average Bonchev–Trinajstić information content (AvgIpc) is 2.49. The van der Waals surface area contributed by atoms with E-state index >= 15 is 0 Å². The van der Waals surface area contributed by atoms with Crippen molar-refractivity contribution in [1.29, 1.82) is 0 Å². The van der Waals surface area contributed by atoms with E-state index in [0.717, 1.165) is 24.1 Å². The van der Waals surface area contributed by atoms with Crippen molar-refractivity contribution in [1.82, 2.24) is 9.47 Å². The number of aromatic nitrogens is 1. The van der Waals surface area contributed by atoms with Gasteiger partial charge in [-0.05, 0) is 27.9 Å². The largest absolute Gasteiger partial charge is 0.462 e. The fourth-order valence-electron chi connectivity index (χ4n) is 2.56. The lowest BCUT2D eigenvalue weighted by molar-refractivity contribution is -0.151. The molecule has 1 saturated heterocycles. The van der Waals surface area contributed by atoms with Crippen molar-refractivity contribution in [3.8, 4) is 0 Å². The predicted octanol–water partition coefficient (Wildman–Crippen LogP) is 1.51. The molecule has 2 rings (SSSR count). The zero-order valence-electron chi connectivity index (χ0n) is 13.5. The maximum absolute atomic E-state index is 11.9. The van der Waals surface area contributed by atoms with Gasteiger partial charge in [-0.2, -0.15) is 0 Å². The van der Waals surface area contributed by atoms with Crippen LogP contribution in [0, 0.1) is 5.92 Å². The van der Waals surface area contributed by atoms with E-state index in [2.05, 4.69) is 34.7 Å². The summed E-state index contributed by atoms with van der Waals surface area (Å²) in [6.07, 6.45) is 1.47. The van der Waals surface area contributed by atoms with Gasteiger partial charge in [0.15, 0.2) is 0 Å². The van der Waals surface area contributed by atoms with Crippen LogP contribution in [0.15, 0.2) is 27.6 Å². The molecule has 0 spiro atoms. The van der Waals surface area contributed by atoms with E-state index in [1.54, 1.807) is 12.3 Å². The van der Waals surface area contributed by atoms with Crippen LogP contribution in [0.1, 0.15) is 13.8 Å². The van der Waals surface area contributed by atoms with Crippen molar-refractivity contribution >= 4 is 21.9 Å². The van der Waals surface area contributed by atoms with Gasteiger partial charge >= 0.3 is 5.97 Å². The number of rotatable bonds is 6. The molecule has 0 aromatic carbocycles. The summed E-state index contributed by atoms with van der Waals surface area (Å²) in [7, 11) is 0. The molecule has 0 amide bonds. The number of esters is 1. The smallest absolute Gasteiger partial charge is 0.326 e. The van der Waals surface area contributed by atoms with Gasteiger partial charge in [0.2, 0.25) is 0 Å². The van der Waals surface area contributed by atoms with E-state index in [1.165, 1.54) is 10.6 Å². The van der Waals surface area contributed by atoms with Crippen LogP contribution >= 0.6 is 15.9 Å². The molecule has 23 heavy (non-hydrogen) atoms. The van der Waals surface area contributed by atoms with Crippen LogP contribution in [-0.2, 0) is 20.8 Å². The molecule has 1 atom stereocenters. The van der Waals surface area contributed by atoms with Gasteiger partial charge in [-0.1, -0.05) is 13.8 Å². The molecule has 0 N–H and O–H groups in total. The number of hydrogen-bond donors (Lipinski definition) is 0. The second kappa shape index (κ2) is 8.61. The molecular formula is C16H23BrN2O4. The Hall–Kier alpha value is -1.18. The summed E-state index contributed by atoms with van der Waals surface area (Å²) in [5.74, 6) is 0.162. The molecule has 6 nitrogen and oxygen atoms in total. The van der Waals surface area contributed by atoms with Crippen molar-refractivity contribution in [2.24, 2.45) is 5.92 Å². The van der Waals surface area contributed by atoms with Gasteiger partial charge in [0.05, 0.1) is 6.61 Å². The van der Waals surface area contributed by atoms with Crippen LogP contribution < -0.4 is 5.56 Å². The number of morpholine rings is 1. The maximum atomic E-state index is 11.9. The Morgan fingerprint density at radius 1 is 1.48 bits per heavy atom. The molecule has 1 aromatic heterocycles. The molecule has 1 aliphatic heterocycles. The molecule has 1 aliphatic rings. The van der Waals surface area contributed by atoms with Gasteiger partial charge in [-0.25, -0.2) is 0 Å². The van der Waals surface area contributed by atoms with Crippen LogP contribution in [0.5, 0.6) is 0 Å². The Bertz CT molecular complexity index is 588. The third-order valence-electron chi connectivity index (χ3n) is 3.52. The number of halogens is 1. The summed E-state index contributed by atoms with van der Waals surface area (Å²) < 4.78 is 13.0. The minimum Gasteiger partial charge on any atom is -0.462 e. The molecule has 7 heteroatoms. The number of pyridine rings is 1. The fourth-order valence-corrected chi connectivity index (χ4v) is 2.94. The number of carbonyl (C=O) groups excluding carboxylic acids is 1. The molecule has 0 saturated carbocycles. The second-order valence-electron chi connectivity index (χ2n) is 6.14. The number of carbonyl (C=O) groups is 1. The predicted molar refractivity (Wildman–Crippen MR) is 90.4 cm³/mol. The number of nitrogens with zero attached hydrogens (tertiary/aromatic N) is 2. The first kappa shape index (κ1) is 18.2. The fraction of sp³-hybridized carbons (Fsp3) is 0.625. The van der Waals surface area contributed by atoms with E-state index in [1.807, 2.05) is 0 Å². The first-order valence-corrected chi connectivity index (χ1v) is 8.59. The van der Waals surface area contributed by atoms with Gasteiger partial charge in [0.25, 0.3) is 5.56 Å². The van der Waals surface area contributed by atoms with Gasteiger partial charge in [0, 0.05) is 36.4 Å². The van der Waals surface area contributed by atoms with Crippen LogP contribution in [0.25, 0.3) is 0 Å². The molecular weight excluding hydrogens is 364 g/mol. The first-order valence-electron chi connectivity index (χ1n) is 7.79. The molecule has 128 valence electrons. The highest BCUT2D eigenvalue weighted by atomic mass is 79.9. The van der Waals surface area contributed by atoms with Crippen LogP contribution in [0.3, 0.4) is 0 Å². The summed E-state index contributed by atoms with van der Waals surface area (Å²) in [6.45, 7) is 7.83. The van der Waals surface area contributed by atoms with Crippen molar-refractivity contribution in [3.05, 3.63) is 33.2 Å². The minimum atomic E-state index is -0.435. The lowest BCUT2D eigenvalue weighted by Crippen LogP contribution is -2.46. The van der Waals surface area contributed by atoms with Crippen molar-refractivity contribution in [2.75, 3.05) is 32.8 Å². The summed E-state index contributed by atoms with van der Waals surface area (Å²) >= 11 is 3.28. The van der Waals surface area contributed by atoms with E-state index in [-0.39, 0.29) is 24.8 Å². The van der Waals surface area contributed by atoms with Crippen LogP contribution in [0.4, 0.5) is 0 Å². The number of hydrogen-bond acceptors (Lipinski definition) is 5. The molecule has 1 unspecified atom stereocenters. The summed E-state index contributed by atoms with van der Waals surface area (Å²) in [6, 6.07) is 3.05. The molecule has 0 bridgehead atoms. The third-order valence-corrected chi connectivity index (χ3v) is 3.99. The van der Waals surface area contributed by atoms with Gasteiger partial charge in [0.1, 0.15) is 19.3 Å². The zero-order valence-corrected chi connectivity index (χ0v) is 15.1. The standard InChI is InChI=1S/C16H23BrN2O4/c1-12(2)7-18-5-6-22-14(9-18)11-23-16(21)10-19-8-13(17)3-4-15(19)20/h3-4,8,12,14H,5-7,9-11H2,1-2H3. The van der Waals surface area contributed by atoms with E-state index in [9.17, 15) is 9.59 Å².